The lowest BCUT2D eigenvalue weighted by Gasteiger charge is -2.14. The Kier molecular flexibility index (Phi) is 5.26. The molecule has 3 heteroatoms. The van der Waals surface area contributed by atoms with Crippen LogP contribution in [0.3, 0.4) is 0 Å². The molecule has 16 heavy (non-hydrogen) atoms. The van der Waals surface area contributed by atoms with Gasteiger partial charge >= 0.3 is 0 Å². The van der Waals surface area contributed by atoms with Crippen LogP contribution in [0.2, 0.25) is 0 Å². The first-order valence-electron chi connectivity index (χ1n) is 5.76. The number of hydrogen-bond donors (Lipinski definition) is 2. The van der Waals surface area contributed by atoms with Crippen LogP contribution in [0.5, 0.6) is 0 Å². The zero-order valence-electron chi connectivity index (χ0n) is 10.3. The van der Waals surface area contributed by atoms with Crippen molar-refractivity contribution < 1.29 is 0 Å². The van der Waals surface area contributed by atoms with Crippen LogP contribution in [0.25, 0.3) is 0 Å². The Morgan fingerprint density at radius 2 is 1.88 bits per heavy atom. The molecule has 0 radical (unpaired) electrons. The minimum absolute atomic E-state index is 0.714. The highest BCUT2D eigenvalue weighted by molar-refractivity contribution is 7.80. The average molecular weight is 236 g/mol. The van der Waals surface area contributed by atoms with Crippen molar-refractivity contribution in [3.63, 3.8) is 0 Å². The smallest absolute Gasteiger partial charge is 0.170 e. The third-order valence-electron chi connectivity index (χ3n) is 2.54. The highest BCUT2D eigenvalue weighted by Gasteiger charge is 2.03. The second kappa shape index (κ2) is 6.48. The van der Waals surface area contributed by atoms with Crippen molar-refractivity contribution in [2.24, 2.45) is 0 Å². The molecule has 0 fully saturated rings. The van der Waals surface area contributed by atoms with Crippen molar-refractivity contribution in [1.29, 1.82) is 0 Å². The number of benzene rings is 1. The van der Waals surface area contributed by atoms with E-state index in [4.69, 9.17) is 12.2 Å². The number of anilines is 1. The van der Waals surface area contributed by atoms with Crippen LogP contribution in [0.4, 0.5) is 5.69 Å². The number of hydrogen-bond acceptors (Lipinski definition) is 1. The Morgan fingerprint density at radius 1 is 1.25 bits per heavy atom. The standard InChI is InChI=1S/C13H20N2S/c1-4-5-9-14-13(16)15-12-10(2)7-6-8-11(12)3/h6-8H,4-5,9H2,1-3H3,(H2,14,15,16). The molecule has 0 saturated heterocycles. The van der Waals surface area contributed by atoms with Crippen LogP contribution in [0.15, 0.2) is 18.2 Å². The summed E-state index contributed by atoms with van der Waals surface area (Å²) >= 11 is 5.25. The summed E-state index contributed by atoms with van der Waals surface area (Å²) in [5.41, 5.74) is 3.57. The summed E-state index contributed by atoms with van der Waals surface area (Å²) in [5, 5.41) is 7.18. The Bertz CT molecular complexity index is 341. The molecule has 1 aromatic carbocycles. The van der Waals surface area contributed by atoms with Gasteiger partial charge in [0.05, 0.1) is 0 Å². The molecule has 0 bridgehead atoms. The first-order valence-corrected chi connectivity index (χ1v) is 6.17. The van der Waals surface area contributed by atoms with Crippen molar-refractivity contribution in [2.45, 2.75) is 33.6 Å². The van der Waals surface area contributed by atoms with E-state index in [9.17, 15) is 0 Å². The van der Waals surface area contributed by atoms with Gasteiger partial charge in [-0.05, 0) is 43.6 Å². The molecule has 0 spiro atoms. The third-order valence-corrected chi connectivity index (χ3v) is 2.78. The van der Waals surface area contributed by atoms with Crippen LogP contribution in [0.1, 0.15) is 30.9 Å². The number of nitrogens with one attached hydrogen (secondary N) is 2. The summed E-state index contributed by atoms with van der Waals surface area (Å²) in [5.74, 6) is 0. The van der Waals surface area contributed by atoms with Gasteiger partial charge in [0.25, 0.3) is 0 Å². The first-order chi connectivity index (χ1) is 7.65. The zero-order chi connectivity index (χ0) is 12.0. The van der Waals surface area contributed by atoms with E-state index in [0.29, 0.717) is 5.11 Å². The summed E-state index contributed by atoms with van der Waals surface area (Å²) < 4.78 is 0. The van der Waals surface area contributed by atoms with E-state index in [1.54, 1.807) is 0 Å². The van der Waals surface area contributed by atoms with Gasteiger partial charge in [-0.2, -0.15) is 0 Å². The number of unbranched alkanes of at least 4 members (excludes halogenated alkanes) is 1. The molecule has 0 amide bonds. The SMILES string of the molecule is CCCCNC(=S)Nc1c(C)cccc1C. The van der Waals surface area contributed by atoms with Crippen LogP contribution in [-0.4, -0.2) is 11.7 Å². The van der Waals surface area contributed by atoms with E-state index < -0.39 is 0 Å². The molecule has 88 valence electrons. The van der Waals surface area contributed by atoms with Gasteiger partial charge in [0.2, 0.25) is 0 Å². The van der Waals surface area contributed by atoms with E-state index in [2.05, 4.69) is 49.6 Å². The molecular weight excluding hydrogens is 216 g/mol. The molecule has 1 aromatic rings. The maximum absolute atomic E-state index is 5.25. The first kappa shape index (κ1) is 13.0. The molecule has 0 aliphatic rings. The van der Waals surface area contributed by atoms with E-state index >= 15 is 0 Å². The second-order valence-electron chi connectivity index (χ2n) is 4.00. The van der Waals surface area contributed by atoms with Gasteiger partial charge in [0.1, 0.15) is 0 Å². The van der Waals surface area contributed by atoms with E-state index in [1.165, 1.54) is 17.5 Å². The maximum Gasteiger partial charge on any atom is 0.170 e. The Balaban J connectivity index is 2.56. The molecular formula is C13H20N2S. The van der Waals surface area contributed by atoms with Crippen molar-refractivity contribution in [1.82, 2.24) is 5.32 Å². The number of thiocarbonyl (C=S) groups is 1. The summed E-state index contributed by atoms with van der Waals surface area (Å²) in [4.78, 5) is 0. The van der Waals surface area contributed by atoms with Gasteiger partial charge in [-0.15, -0.1) is 0 Å². The van der Waals surface area contributed by atoms with Crippen LogP contribution in [0, 0.1) is 13.8 Å². The average Bonchev–Trinajstić information content (AvgIpc) is 2.24. The number of rotatable bonds is 4. The normalized spacial score (nSPS) is 9.94. The summed E-state index contributed by atoms with van der Waals surface area (Å²) in [6, 6.07) is 6.23. The predicted molar refractivity (Wildman–Crippen MR) is 75.0 cm³/mol. The molecule has 0 saturated carbocycles. The minimum atomic E-state index is 0.714. The summed E-state index contributed by atoms with van der Waals surface area (Å²) in [6.45, 7) is 7.28. The molecule has 2 nitrogen and oxygen atoms in total. The topological polar surface area (TPSA) is 24.1 Å². The molecule has 0 aliphatic heterocycles. The van der Waals surface area contributed by atoms with E-state index in [0.717, 1.165) is 18.7 Å². The zero-order valence-corrected chi connectivity index (χ0v) is 11.1. The van der Waals surface area contributed by atoms with Crippen molar-refractivity contribution >= 4 is 23.0 Å². The molecule has 2 N–H and O–H groups in total. The lowest BCUT2D eigenvalue weighted by molar-refractivity contribution is 0.758. The number of aryl methyl sites for hydroxylation is 2. The molecule has 0 atom stereocenters. The monoisotopic (exact) mass is 236 g/mol. The van der Waals surface area contributed by atoms with Gasteiger partial charge in [-0.1, -0.05) is 31.5 Å². The fraction of sp³-hybridized carbons (Fsp3) is 0.462. The fourth-order valence-corrected chi connectivity index (χ4v) is 1.75. The van der Waals surface area contributed by atoms with Gasteiger partial charge < -0.3 is 10.6 Å². The van der Waals surface area contributed by atoms with Gasteiger partial charge in [0, 0.05) is 12.2 Å². The number of para-hydroxylation sites is 1. The van der Waals surface area contributed by atoms with E-state index in [-0.39, 0.29) is 0 Å². The Labute approximate surface area is 103 Å². The van der Waals surface area contributed by atoms with Crippen molar-refractivity contribution in [2.75, 3.05) is 11.9 Å². The molecule has 0 unspecified atom stereocenters. The maximum atomic E-state index is 5.25. The summed E-state index contributed by atoms with van der Waals surface area (Å²) in [7, 11) is 0. The molecule has 0 heterocycles. The van der Waals surface area contributed by atoms with Crippen LogP contribution >= 0.6 is 12.2 Å². The Morgan fingerprint density at radius 3 is 2.44 bits per heavy atom. The van der Waals surface area contributed by atoms with Crippen LogP contribution in [-0.2, 0) is 0 Å². The van der Waals surface area contributed by atoms with Crippen LogP contribution < -0.4 is 10.6 Å². The van der Waals surface area contributed by atoms with E-state index in [1.807, 2.05) is 0 Å². The fourth-order valence-electron chi connectivity index (χ4n) is 1.55. The second-order valence-corrected chi connectivity index (χ2v) is 4.41. The van der Waals surface area contributed by atoms with Gasteiger partial charge in [0.15, 0.2) is 5.11 Å². The third kappa shape index (κ3) is 3.81. The molecule has 1 rings (SSSR count). The quantitative estimate of drug-likeness (QED) is 0.619. The highest BCUT2D eigenvalue weighted by Crippen LogP contribution is 2.18. The molecule has 0 aromatic heterocycles. The lowest BCUT2D eigenvalue weighted by Crippen LogP contribution is -2.29. The Hall–Kier alpha value is -1.09. The van der Waals surface area contributed by atoms with Gasteiger partial charge in [-0.25, -0.2) is 0 Å². The van der Waals surface area contributed by atoms with Crippen molar-refractivity contribution in [3.05, 3.63) is 29.3 Å². The van der Waals surface area contributed by atoms with Crippen molar-refractivity contribution in [3.8, 4) is 0 Å². The molecule has 0 aliphatic carbocycles. The van der Waals surface area contributed by atoms with Gasteiger partial charge in [-0.3, -0.25) is 0 Å². The summed E-state index contributed by atoms with van der Waals surface area (Å²) in [6.07, 6.45) is 2.33. The largest absolute Gasteiger partial charge is 0.362 e. The predicted octanol–water partition coefficient (Wildman–Crippen LogP) is 3.39. The highest BCUT2D eigenvalue weighted by atomic mass is 32.1. The minimum Gasteiger partial charge on any atom is -0.362 e. The lowest BCUT2D eigenvalue weighted by atomic mass is 10.1.